The van der Waals surface area contributed by atoms with Crippen molar-refractivity contribution in [1.82, 2.24) is 4.90 Å². The van der Waals surface area contributed by atoms with Gasteiger partial charge in [0.2, 0.25) is 0 Å². The first-order valence-electron chi connectivity index (χ1n) is 7.12. The molecule has 0 unspecified atom stereocenters. The average molecular weight is 264 g/mol. The third-order valence-corrected chi connectivity index (χ3v) is 4.73. The van der Waals surface area contributed by atoms with Gasteiger partial charge in [-0.15, -0.1) is 0 Å². The van der Waals surface area contributed by atoms with Crippen LogP contribution in [0.25, 0.3) is 0 Å². The first-order chi connectivity index (χ1) is 8.97. The minimum Gasteiger partial charge on any atom is -0.329 e. The van der Waals surface area contributed by atoms with Gasteiger partial charge in [-0.05, 0) is 49.4 Å². The number of hydrogen-bond acceptors (Lipinski definition) is 2. The molecule has 106 valence electrons. The van der Waals surface area contributed by atoms with Gasteiger partial charge in [-0.25, -0.2) is 4.39 Å². The summed E-state index contributed by atoms with van der Waals surface area (Å²) in [6.07, 6.45) is 2.32. The summed E-state index contributed by atoms with van der Waals surface area (Å²) in [5, 5.41) is 0. The number of nitrogens with two attached hydrogens (primary N) is 1. The average Bonchev–Trinajstić information content (AvgIpc) is 2.27. The van der Waals surface area contributed by atoms with E-state index < -0.39 is 0 Å². The molecule has 2 N–H and O–H groups in total. The van der Waals surface area contributed by atoms with Crippen LogP contribution in [0.4, 0.5) is 4.39 Å². The molecule has 0 atom stereocenters. The Labute approximate surface area is 115 Å². The predicted molar refractivity (Wildman–Crippen MR) is 77.2 cm³/mol. The van der Waals surface area contributed by atoms with Gasteiger partial charge in [0.05, 0.1) is 0 Å². The number of hydrogen-bond donors (Lipinski definition) is 1. The summed E-state index contributed by atoms with van der Waals surface area (Å²) in [6.45, 7) is 6.00. The molecule has 1 fully saturated rings. The lowest BCUT2D eigenvalue weighted by atomic mass is 9.63. The molecule has 19 heavy (non-hydrogen) atoms. The fraction of sp³-hybridized carbons (Fsp3) is 0.625. The molecule has 1 aromatic rings. The van der Waals surface area contributed by atoms with Crippen LogP contribution < -0.4 is 5.73 Å². The normalized spacial score (nSPS) is 26.8. The van der Waals surface area contributed by atoms with Crippen molar-refractivity contribution in [2.45, 2.75) is 38.8 Å². The summed E-state index contributed by atoms with van der Waals surface area (Å²) in [5.74, 6) is 1.34. The van der Waals surface area contributed by atoms with Crippen molar-refractivity contribution in [3.8, 4) is 0 Å². The molecule has 0 bridgehead atoms. The summed E-state index contributed by atoms with van der Waals surface area (Å²) in [5.41, 5.74) is 7.13. The zero-order valence-corrected chi connectivity index (χ0v) is 12.2. The fourth-order valence-electron chi connectivity index (χ4n) is 3.10. The van der Waals surface area contributed by atoms with E-state index >= 15 is 0 Å². The van der Waals surface area contributed by atoms with Crippen LogP contribution >= 0.6 is 0 Å². The van der Waals surface area contributed by atoms with E-state index in [1.165, 1.54) is 6.07 Å². The van der Waals surface area contributed by atoms with Crippen LogP contribution in [0, 0.1) is 17.7 Å². The highest BCUT2D eigenvalue weighted by molar-refractivity contribution is 5.17. The Balaban J connectivity index is 2.01. The van der Waals surface area contributed by atoms with Crippen molar-refractivity contribution >= 4 is 0 Å². The van der Waals surface area contributed by atoms with Crippen LogP contribution in [-0.2, 0) is 6.54 Å². The molecule has 1 saturated carbocycles. The molecule has 0 heterocycles. The molecule has 0 spiro atoms. The Hall–Kier alpha value is -0.930. The second-order valence-electron chi connectivity index (χ2n) is 6.33. The Morgan fingerprint density at radius 1 is 1.42 bits per heavy atom. The molecular weight excluding hydrogens is 239 g/mol. The van der Waals surface area contributed by atoms with Gasteiger partial charge >= 0.3 is 0 Å². The molecule has 0 radical (unpaired) electrons. The Morgan fingerprint density at radius 2 is 2.11 bits per heavy atom. The van der Waals surface area contributed by atoms with Gasteiger partial charge in [-0.3, -0.25) is 4.90 Å². The predicted octanol–water partition coefficient (Wildman–Crippen LogP) is 3.02. The van der Waals surface area contributed by atoms with Gasteiger partial charge in [-0.2, -0.15) is 0 Å². The Morgan fingerprint density at radius 3 is 2.63 bits per heavy atom. The molecule has 2 nitrogen and oxygen atoms in total. The molecule has 1 aliphatic carbocycles. The van der Waals surface area contributed by atoms with E-state index in [1.807, 2.05) is 6.07 Å². The van der Waals surface area contributed by atoms with Crippen molar-refractivity contribution in [3.05, 3.63) is 35.6 Å². The maximum atomic E-state index is 13.2. The van der Waals surface area contributed by atoms with E-state index in [9.17, 15) is 4.39 Å². The quantitative estimate of drug-likeness (QED) is 0.885. The maximum Gasteiger partial charge on any atom is 0.123 e. The van der Waals surface area contributed by atoms with Crippen molar-refractivity contribution in [1.29, 1.82) is 0 Å². The molecule has 0 saturated heterocycles. The molecule has 2 rings (SSSR count). The minimum absolute atomic E-state index is 0.112. The third kappa shape index (κ3) is 2.98. The second kappa shape index (κ2) is 5.59. The molecule has 3 heteroatoms. The topological polar surface area (TPSA) is 29.3 Å². The van der Waals surface area contributed by atoms with Gasteiger partial charge in [0, 0.05) is 18.6 Å². The first-order valence-corrected chi connectivity index (χ1v) is 7.12. The molecule has 1 aromatic carbocycles. The second-order valence-corrected chi connectivity index (χ2v) is 6.33. The van der Waals surface area contributed by atoms with Crippen molar-refractivity contribution in [3.63, 3.8) is 0 Å². The van der Waals surface area contributed by atoms with Gasteiger partial charge in [-0.1, -0.05) is 26.0 Å². The van der Waals surface area contributed by atoms with E-state index in [4.69, 9.17) is 5.73 Å². The van der Waals surface area contributed by atoms with Crippen molar-refractivity contribution in [2.75, 3.05) is 13.6 Å². The molecule has 0 aromatic heterocycles. The van der Waals surface area contributed by atoms with Crippen LogP contribution in [0.5, 0.6) is 0 Å². The molecular formula is C16H25FN2. The summed E-state index contributed by atoms with van der Waals surface area (Å²) in [6, 6.07) is 6.84. The van der Waals surface area contributed by atoms with Crippen molar-refractivity contribution in [2.24, 2.45) is 17.6 Å². The summed E-state index contributed by atoms with van der Waals surface area (Å²) in [4.78, 5) is 2.31. The van der Waals surface area contributed by atoms with E-state index in [0.717, 1.165) is 36.8 Å². The number of rotatable bonds is 5. The Bertz CT molecular complexity index is 425. The van der Waals surface area contributed by atoms with Gasteiger partial charge < -0.3 is 5.73 Å². The van der Waals surface area contributed by atoms with E-state index in [-0.39, 0.29) is 11.4 Å². The summed E-state index contributed by atoms with van der Waals surface area (Å²) >= 11 is 0. The van der Waals surface area contributed by atoms with E-state index in [1.54, 1.807) is 12.1 Å². The van der Waals surface area contributed by atoms with Crippen LogP contribution in [0.15, 0.2) is 24.3 Å². The lowest BCUT2D eigenvalue weighted by Gasteiger charge is -2.54. The highest BCUT2D eigenvalue weighted by Gasteiger charge is 2.46. The van der Waals surface area contributed by atoms with E-state index in [2.05, 4.69) is 25.8 Å². The number of likely N-dealkylation sites (N-methyl/N-ethyl adjacent to an activating group) is 1. The zero-order valence-electron chi connectivity index (χ0n) is 12.2. The fourth-order valence-corrected chi connectivity index (χ4v) is 3.10. The third-order valence-electron chi connectivity index (χ3n) is 4.73. The summed E-state index contributed by atoms with van der Waals surface area (Å²) in [7, 11) is 2.11. The zero-order chi connectivity index (χ0) is 14.0. The lowest BCUT2D eigenvalue weighted by Crippen LogP contribution is -2.60. The van der Waals surface area contributed by atoms with Gasteiger partial charge in [0.15, 0.2) is 0 Å². The van der Waals surface area contributed by atoms with Crippen LogP contribution in [0.1, 0.15) is 32.3 Å². The van der Waals surface area contributed by atoms with Gasteiger partial charge in [0.25, 0.3) is 0 Å². The molecule has 1 aliphatic rings. The number of halogens is 1. The minimum atomic E-state index is -0.165. The smallest absolute Gasteiger partial charge is 0.123 e. The molecule has 0 aliphatic heterocycles. The number of nitrogens with zero attached hydrogens (tertiary/aromatic N) is 1. The van der Waals surface area contributed by atoms with E-state index in [0.29, 0.717) is 6.54 Å². The van der Waals surface area contributed by atoms with Crippen molar-refractivity contribution < 1.29 is 4.39 Å². The molecule has 0 amide bonds. The van der Waals surface area contributed by atoms with Crippen LogP contribution in [-0.4, -0.2) is 24.0 Å². The first kappa shape index (κ1) is 14.5. The largest absolute Gasteiger partial charge is 0.329 e. The van der Waals surface area contributed by atoms with Crippen LogP contribution in [0.2, 0.25) is 0 Å². The lowest BCUT2D eigenvalue weighted by molar-refractivity contribution is -0.0244. The maximum absolute atomic E-state index is 13.2. The Kier molecular flexibility index (Phi) is 4.26. The van der Waals surface area contributed by atoms with Gasteiger partial charge in [0.1, 0.15) is 5.82 Å². The standard InChI is InChI=1S/C16H25FN2/c1-12(2)14-8-16(9-14,11-18)19(3)10-13-5-4-6-15(17)7-13/h4-7,12,14H,8-11,18H2,1-3H3. The summed E-state index contributed by atoms with van der Waals surface area (Å²) < 4.78 is 13.2. The highest BCUT2D eigenvalue weighted by Crippen LogP contribution is 2.45. The van der Waals surface area contributed by atoms with Crippen LogP contribution in [0.3, 0.4) is 0 Å². The highest BCUT2D eigenvalue weighted by atomic mass is 19.1. The monoisotopic (exact) mass is 264 g/mol. The number of benzene rings is 1. The SMILES string of the molecule is CC(C)C1CC(CN)(N(C)Cc2cccc(F)c2)C1.